The second kappa shape index (κ2) is 8.97. The maximum Gasteiger partial charge on any atom is 0.342 e. The molecule has 6 heteroatoms. The van der Waals surface area contributed by atoms with Crippen LogP contribution in [0.4, 0.5) is 0 Å². The second-order valence-electron chi connectivity index (χ2n) is 6.17. The van der Waals surface area contributed by atoms with Crippen LogP contribution in [0.3, 0.4) is 0 Å². The van der Waals surface area contributed by atoms with Gasteiger partial charge in [-0.1, -0.05) is 6.92 Å². The molecule has 0 heterocycles. The number of thioether (sulfide) groups is 1. The Kier molecular flexibility index (Phi) is 6.97. The normalized spacial score (nSPS) is 20.3. The number of nitrogens with one attached hydrogen (secondary N) is 1. The first kappa shape index (κ1) is 18.6. The molecule has 1 amide bonds. The van der Waals surface area contributed by atoms with Crippen molar-refractivity contribution in [2.75, 3.05) is 20.0 Å². The van der Waals surface area contributed by atoms with Crippen molar-refractivity contribution in [3.8, 4) is 5.75 Å². The highest BCUT2D eigenvalue weighted by Gasteiger charge is 2.21. The summed E-state index contributed by atoms with van der Waals surface area (Å²) in [6, 6.07) is 5.47. The van der Waals surface area contributed by atoms with Crippen LogP contribution in [0, 0.1) is 5.92 Å². The molecule has 1 aromatic rings. The van der Waals surface area contributed by atoms with Gasteiger partial charge in [0.2, 0.25) is 0 Å². The molecule has 1 aliphatic rings. The van der Waals surface area contributed by atoms with Crippen LogP contribution in [0.5, 0.6) is 5.75 Å². The lowest BCUT2D eigenvalue weighted by molar-refractivity contribution is -0.125. The number of amides is 1. The van der Waals surface area contributed by atoms with E-state index in [1.54, 1.807) is 23.9 Å². The van der Waals surface area contributed by atoms with Gasteiger partial charge < -0.3 is 14.8 Å². The van der Waals surface area contributed by atoms with E-state index in [-0.39, 0.29) is 18.6 Å². The largest absolute Gasteiger partial charge is 0.496 e. The van der Waals surface area contributed by atoms with E-state index in [0.717, 1.165) is 36.5 Å². The first-order valence-electron chi connectivity index (χ1n) is 8.22. The third-order valence-corrected chi connectivity index (χ3v) is 5.07. The number of ether oxygens (including phenoxy) is 2. The molecule has 2 rings (SSSR count). The van der Waals surface area contributed by atoms with Gasteiger partial charge in [0.25, 0.3) is 5.91 Å². The highest BCUT2D eigenvalue weighted by Crippen LogP contribution is 2.26. The van der Waals surface area contributed by atoms with Crippen LogP contribution in [0.25, 0.3) is 0 Å². The number of carbonyl (C=O) groups excluding carboxylic acids is 2. The minimum atomic E-state index is -0.549. The third-order valence-electron chi connectivity index (χ3n) is 4.34. The van der Waals surface area contributed by atoms with E-state index < -0.39 is 5.97 Å². The van der Waals surface area contributed by atoms with Gasteiger partial charge in [-0.3, -0.25) is 4.79 Å². The molecule has 132 valence electrons. The Morgan fingerprint density at radius 3 is 2.58 bits per heavy atom. The second-order valence-corrected chi connectivity index (χ2v) is 7.05. The molecular formula is C18H25NO4S. The van der Waals surface area contributed by atoms with Crippen molar-refractivity contribution in [1.29, 1.82) is 0 Å². The zero-order valence-electron chi connectivity index (χ0n) is 14.5. The van der Waals surface area contributed by atoms with E-state index in [1.807, 2.05) is 12.3 Å². The molecule has 0 spiro atoms. The van der Waals surface area contributed by atoms with Gasteiger partial charge in [-0.15, -0.1) is 11.8 Å². The zero-order valence-corrected chi connectivity index (χ0v) is 15.3. The van der Waals surface area contributed by atoms with Gasteiger partial charge in [0, 0.05) is 10.9 Å². The third kappa shape index (κ3) is 5.16. The fourth-order valence-corrected chi connectivity index (χ4v) is 3.28. The summed E-state index contributed by atoms with van der Waals surface area (Å²) in [5.74, 6) is 0.385. The summed E-state index contributed by atoms with van der Waals surface area (Å²) in [7, 11) is 1.51. The van der Waals surface area contributed by atoms with Crippen molar-refractivity contribution in [3.05, 3.63) is 23.8 Å². The van der Waals surface area contributed by atoms with E-state index in [2.05, 4.69) is 12.2 Å². The highest BCUT2D eigenvalue weighted by atomic mass is 32.2. The Balaban J connectivity index is 1.85. The van der Waals surface area contributed by atoms with Crippen molar-refractivity contribution in [3.63, 3.8) is 0 Å². The van der Waals surface area contributed by atoms with Gasteiger partial charge in [0.1, 0.15) is 11.3 Å². The molecule has 0 aromatic heterocycles. The average Bonchev–Trinajstić information content (AvgIpc) is 2.61. The molecule has 0 radical (unpaired) electrons. The highest BCUT2D eigenvalue weighted by molar-refractivity contribution is 7.98. The summed E-state index contributed by atoms with van der Waals surface area (Å²) < 4.78 is 10.4. The van der Waals surface area contributed by atoms with Crippen molar-refractivity contribution >= 4 is 23.6 Å². The summed E-state index contributed by atoms with van der Waals surface area (Å²) in [6.45, 7) is 1.97. The Morgan fingerprint density at radius 2 is 1.96 bits per heavy atom. The lowest BCUT2D eigenvalue weighted by Gasteiger charge is -2.26. The molecule has 0 atom stereocenters. The molecule has 1 aromatic carbocycles. The van der Waals surface area contributed by atoms with Gasteiger partial charge >= 0.3 is 5.97 Å². The Morgan fingerprint density at radius 1 is 1.25 bits per heavy atom. The minimum absolute atomic E-state index is 0.197. The molecule has 5 nitrogen and oxygen atoms in total. The predicted molar refractivity (Wildman–Crippen MR) is 94.6 cm³/mol. The summed E-state index contributed by atoms with van der Waals surface area (Å²) in [4.78, 5) is 25.1. The van der Waals surface area contributed by atoms with Gasteiger partial charge in [-0.25, -0.2) is 4.79 Å². The Bertz CT molecular complexity index is 582. The van der Waals surface area contributed by atoms with Crippen LogP contribution in [-0.4, -0.2) is 37.9 Å². The summed E-state index contributed by atoms with van der Waals surface area (Å²) >= 11 is 1.56. The van der Waals surface area contributed by atoms with Crippen LogP contribution < -0.4 is 10.1 Å². The standard InChI is InChI=1S/C18H25NO4S/c1-12-4-6-13(7-5-12)19-17(20)11-23-18(21)15-9-8-14(24-3)10-16(15)22-2/h8-10,12-13H,4-7,11H2,1-3H3,(H,19,20). The lowest BCUT2D eigenvalue weighted by Crippen LogP contribution is -2.39. The molecule has 1 fully saturated rings. The number of benzene rings is 1. The summed E-state index contributed by atoms with van der Waals surface area (Å²) in [6.07, 6.45) is 6.19. The van der Waals surface area contributed by atoms with E-state index in [4.69, 9.17) is 9.47 Å². The number of methoxy groups -OCH3 is 1. The van der Waals surface area contributed by atoms with Gasteiger partial charge in [0.15, 0.2) is 6.61 Å². The first-order valence-corrected chi connectivity index (χ1v) is 9.44. The van der Waals surface area contributed by atoms with E-state index in [0.29, 0.717) is 11.3 Å². The SMILES string of the molecule is COc1cc(SC)ccc1C(=O)OCC(=O)NC1CCC(C)CC1. The molecular weight excluding hydrogens is 326 g/mol. The van der Waals surface area contributed by atoms with Gasteiger partial charge in [-0.2, -0.15) is 0 Å². The van der Waals surface area contributed by atoms with E-state index in [1.165, 1.54) is 7.11 Å². The molecule has 1 saturated carbocycles. The Hall–Kier alpha value is -1.69. The maximum atomic E-state index is 12.2. The topological polar surface area (TPSA) is 64.6 Å². The predicted octanol–water partition coefficient (Wildman–Crippen LogP) is 3.27. The minimum Gasteiger partial charge on any atom is -0.496 e. The Labute approximate surface area is 147 Å². The van der Waals surface area contributed by atoms with Crippen molar-refractivity contribution < 1.29 is 19.1 Å². The molecule has 24 heavy (non-hydrogen) atoms. The molecule has 0 unspecified atom stereocenters. The average molecular weight is 351 g/mol. The zero-order chi connectivity index (χ0) is 17.5. The smallest absolute Gasteiger partial charge is 0.342 e. The fourth-order valence-electron chi connectivity index (χ4n) is 2.85. The number of hydrogen-bond donors (Lipinski definition) is 1. The molecule has 0 saturated heterocycles. The number of hydrogen-bond acceptors (Lipinski definition) is 5. The van der Waals surface area contributed by atoms with Crippen LogP contribution in [0.1, 0.15) is 43.0 Å². The summed E-state index contributed by atoms with van der Waals surface area (Å²) in [5, 5.41) is 2.94. The first-order chi connectivity index (χ1) is 11.5. The quantitative estimate of drug-likeness (QED) is 0.629. The number of carbonyl (C=O) groups is 2. The molecule has 1 N–H and O–H groups in total. The van der Waals surface area contributed by atoms with E-state index in [9.17, 15) is 9.59 Å². The van der Waals surface area contributed by atoms with Crippen LogP contribution in [0.15, 0.2) is 23.1 Å². The lowest BCUT2D eigenvalue weighted by atomic mass is 9.87. The van der Waals surface area contributed by atoms with Gasteiger partial charge in [0.05, 0.1) is 7.11 Å². The van der Waals surface area contributed by atoms with E-state index >= 15 is 0 Å². The number of rotatable bonds is 6. The van der Waals surface area contributed by atoms with Crippen LogP contribution in [0.2, 0.25) is 0 Å². The molecule has 0 aliphatic heterocycles. The van der Waals surface area contributed by atoms with Crippen LogP contribution in [-0.2, 0) is 9.53 Å². The maximum absolute atomic E-state index is 12.2. The number of esters is 1. The fraction of sp³-hybridized carbons (Fsp3) is 0.556. The monoisotopic (exact) mass is 351 g/mol. The molecule has 0 bridgehead atoms. The molecule has 1 aliphatic carbocycles. The van der Waals surface area contributed by atoms with Crippen molar-refractivity contribution in [2.24, 2.45) is 5.92 Å². The summed E-state index contributed by atoms with van der Waals surface area (Å²) in [5.41, 5.74) is 0.328. The van der Waals surface area contributed by atoms with Crippen LogP contribution >= 0.6 is 11.8 Å². The van der Waals surface area contributed by atoms with Crippen molar-refractivity contribution in [2.45, 2.75) is 43.5 Å². The van der Waals surface area contributed by atoms with Crippen molar-refractivity contribution in [1.82, 2.24) is 5.32 Å². The van der Waals surface area contributed by atoms with Gasteiger partial charge in [-0.05, 0) is 56.1 Å².